The number of rotatable bonds is 8. The number of amides is 1. The number of nitrogens with zero attached hydrogens (tertiary/aromatic N) is 2. The fraction of sp³-hybridized carbons (Fsp3) is 0.130. The van der Waals surface area contributed by atoms with Crippen LogP contribution in [0.25, 0.3) is 0 Å². The van der Waals surface area contributed by atoms with Crippen molar-refractivity contribution < 1.29 is 13.2 Å². The van der Waals surface area contributed by atoms with E-state index in [1.807, 2.05) is 19.1 Å². The van der Waals surface area contributed by atoms with Gasteiger partial charge in [-0.15, -0.1) is 0 Å². The molecule has 0 radical (unpaired) electrons. The monoisotopic (exact) mass is 489 g/mol. The number of halogens is 2. The molecule has 0 aliphatic carbocycles. The summed E-state index contributed by atoms with van der Waals surface area (Å²) in [4.78, 5) is 12.7. The Morgan fingerprint density at radius 2 is 1.72 bits per heavy atom. The maximum Gasteiger partial charge on any atom is 0.264 e. The summed E-state index contributed by atoms with van der Waals surface area (Å²) in [6.07, 6.45) is 2.18. The molecule has 0 saturated heterocycles. The number of carbonyl (C=O) groups is 1. The van der Waals surface area contributed by atoms with Gasteiger partial charge in [0.25, 0.3) is 15.9 Å². The highest BCUT2D eigenvalue weighted by molar-refractivity contribution is 7.92. The van der Waals surface area contributed by atoms with Gasteiger partial charge in [0.2, 0.25) is 0 Å². The summed E-state index contributed by atoms with van der Waals surface area (Å²) in [5.74, 6) is -0.606. The zero-order valence-corrected chi connectivity index (χ0v) is 19.5. The van der Waals surface area contributed by atoms with Crippen LogP contribution in [0.3, 0.4) is 0 Å². The van der Waals surface area contributed by atoms with E-state index < -0.39 is 22.5 Å². The molecule has 3 aromatic rings. The van der Waals surface area contributed by atoms with Crippen molar-refractivity contribution in [1.29, 1.82) is 0 Å². The van der Waals surface area contributed by atoms with E-state index in [1.165, 1.54) is 18.3 Å². The number of hydrazone groups is 1. The van der Waals surface area contributed by atoms with Gasteiger partial charge in [0, 0.05) is 10.6 Å². The Kier molecular flexibility index (Phi) is 7.90. The lowest BCUT2D eigenvalue weighted by atomic mass is 10.1. The number of anilines is 1. The highest BCUT2D eigenvalue weighted by atomic mass is 35.5. The number of carbonyl (C=O) groups excluding carboxylic acids is 1. The zero-order valence-electron chi connectivity index (χ0n) is 17.2. The Bertz CT molecular complexity index is 1210. The summed E-state index contributed by atoms with van der Waals surface area (Å²) >= 11 is 12.0. The molecular formula is C23H21Cl2N3O3S. The Balaban J connectivity index is 1.83. The first-order chi connectivity index (χ1) is 15.3. The molecule has 0 spiro atoms. The van der Waals surface area contributed by atoms with Crippen molar-refractivity contribution in [2.45, 2.75) is 18.2 Å². The second-order valence-corrected chi connectivity index (χ2v) is 9.51. The molecule has 0 fully saturated rings. The molecule has 1 amide bonds. The van der Waals surface area contributed by atoms with Gasteiger partial charge >= 0.3 is 0 Å². The van der Waals surface area contributed by atoms with Crippen LogP contribution in [-0.4, -0.2) is 27.1 Å². The minimum atomic E-state index is -3.97. The minimum Gasteiger partial charge on any atom is -0.271 e. The number of hydrogen-bond donors (Lipinski definition) is 1. The van der Waals surface area contributed by atoms with Gasteiger partial charge in [-0.2, -0.15) is 5.10 Å². The third-order valence-corrected chi connectivity index (χ3v) is 6.96. The molecule has 32 heavy (non-hydrogen) atoms. The predicted molar refractivity (Wildman–Crippen MR) is 129 cm³/mol. The van der Waals surface area contributed by atoms with Gasteiger partial charge in [0.1, 0.15) is 6.54 Å². The van der Waals surface area contributed by atoms with Crippen LogP contribution in [-0.2, 0) is 21.2 Å². The molecule has 166 valence electrons. The van der Waals surface area contributed by atoms with E-state index in [1.54, 1.807) is 48.5 Å². The van der Waals surface area contributed by atoms with Crippen LogP contribution in [0.2, 0.25) is 10.0 Å². The molecule has 6 nitrogen and oxygen atoms in total. The summed E-state index contributed by atoms with van der Waals surface area (Å²) in [5, 5.41) is 4.74. The summed E-state index contributed by atoms with van der Waals surface area (Å²) in [6.45, 7) is 1.56. The van der Waals surface area contributed by atoms with Crippen molar-refractivity contribution in [1.82, 2.24) is 5.43 Å². The van der Waals surface area contributed by atoms with E-state index in [-0.39, 0.29) is 4.90 Å². The molecule has 0 aliphatic heterocycles. The van der Waals surface area contributed by atoms with Crippen molar-refractivity contribution in [2.75, 3.05) is 10.8 Å². The normalized spacial score (nSPS) is 11.5. The summed E-state index contributed by atoms with van der Waals surface area (Å²) < 4.78 is 27.6. The number of hydrogen-bond acceptors (Lipinski definition) is 4. The van der Waals surface area contributed by atoms with Gasteiger partial charge < -0.3 is 0 Å². The number of benzene rings is 3. The molecule has 3 aromatic carbocycles. The first-order valence-electron chi connectivity index (χ1n) is 9.75. The first-order valence-corrected chi connectivity index (χ1v) is 11.9. The fourth-order valence-corrected chi connectivity index (χ4v) is 4.78. The molecule has 1 N–H and O–H groups in total. The lowest BCUT2D eigenvalue weighted by Gasteiger charge is -2.24. The summed E-state index contributed by atoms with van der Waals surface area (Å²) in [6, 6.07) is 19.9. The molecule has 3 rings (SSSR count). The molecule has 0 aromatic heterocycles. The van der Waals surface area contributed by atoms with Crippen LogP contribution in [0.1, 0.15) is 18.1 Å². The molecule has 0 unspecified atom stereocenters. The van der Waals surface area contributed by atoms with E-state index in [4.69, 9.17) is 23.2 Å². The lowest BCUT2D eigenvalue weighted by Crippen LogP contribution is -2.39. The highest BCUT2D eigenvalue weighted by Gasteiger charge is 2.27. The van der Waals surface area contributed by atoms with Gasteiger partial charge in [-0.1, -0.05) is 66.5 Å². The van der Waals surface area contributed by atoms with E-state index in [2.05, 4.69) is 10.5 Å². The van der Waals surface area contributed by atoms with E-state index >= 15 is 0 Å². The molecule has 0 atom stereocenters. The van der Waals surface area contributed by atoms with Crippen molar-refractivity contribution in [2.24, 2.45) is 5.10 Å². The van der Waals surface area contributed by atoms with Crippen LogP contribution in [0.5, 0.6) is 0 Å². The van der Waals surface area contributed by atoms with Gasteiger partial charge in [-0.25, -0.2) is 13.8 Å². The average molecular weight is 490 g/mol. The van der Waals surface area contributed by atoms with Gasteiger partial charge in [0.15, 0.2) is 0 Å². The Morgan fingerprint density at radius 3 is 2.34 bits per heavy atom. The number of sulfonamides is 1. The molecular weight excluding hydrogens is 469 g/mol. The van der Waals surface area contributed by atoms with E-state index in [0.717, 1.165) is 16.3 Å². The molecule has 9 heteroatoms. The van der Waals surface area contributed by atoms with Gasteiger partial charge in [-0.3, -0.25) is 9.10 Å². The van der Waals surface area contributed by atoms with E-state index in [0.29, 0.717) is 21.3 Å². The molecule has 0 saturated carbocycles. The topological polar surface area (TPSA) is 78.8 Å². The maximum atomic E-state index is 13.3. The van der Waals surface area contributed by atoms with Crippen LogP contribution in [0.4, 0.5) is 5.69 Å². The standard InChI is InChI=1S/C23H21Cl2N3O3S/c1-2-17-8-12-20(13-9-17)28(32(30,31)21-6-4-3-5-7-21)16-23(29)27-26-15-18-10-11-19(24)14-22(18)25/h3-15H,2,16H2,1H3,(H,27,29)/b26-15-. The Morgan fingerprint density at radius 1 is 1.03 bits per heavy atom. The van der Waals surface area contributed by atoms with Crippen molar-refractivity contribution in [3.8, 4) is 0 Å². The molecule has 0 bridgehead atoms. The smallest absolute Gasteiger partial charge is 0.264 e. The SMILES string of the molecule is CCc1ccc(N(CC(=O)N/N=C\c2ccc(Cl)cc2Cl)S(=O)(=O)c2ccccc2)cc1. The lowest BCUT2D eigenvalue weighted by molar-refractivity contribution is -0.119. The molecule has 0 aliphatic rings. The maximum absolute atomic E-state index is 13.3. The predicted octanol–water partition coefficient (Wildman–Crippen LogP) is 4.90. The summed E-state index contributed by atoms with van der Waals surface area (Å²) in [5.41, 5.74) is 4.34. The Hall–Kier alpha value is -2.87. The zero-order chi connectivity index (χ0) is 23.1. The van der Waals surface area contributed by atoms with Crippen LogP contribution in [0.15, 0.2) is 82.8 Å². The number of nitrogens with one attached hydrogen (secondary N) is 1. The Labute approximate surface area is 197 Å². The van der Waals surface area contributed by atoms with Gasteiger partial charge in [-0.05, 0) is 48.4 Å². The minimum absolute atomic E-state index is 0.0869. The molecule has 0 heterocycles. The van der Waals surface area contributed by atoms with Gasteiger partial charge in [0.05, 0.1) is 21.8 Å². The quantitative estimate of drug-likeness (QED) is 0.360. The second-order valence-electron chi connectivity index (χ2n) is 6.80. The van der Waals surface area contributed by atoms with Crippen molar-refractivity contribution >= 4 is 51.0 Å². The third-order valence-electron chi connectivity index (χ3n) is 4.61. The fourth-order valence-electron chi connectivity index (χ4n) is 2.88. The highest BCUT2D eigenvalue weighted by Crippen LogP contribution is 2.24. The number of aryl methyl sites for hydroxylation is 1. The third kappa shape index (κ3) is 5.88. The first kappa shape index (κ1) is 23.8. The average Bonchev–Trinajstić information content (AvgIpc) is 2.79. The van der Waals surface area contributed by atoms with Crippen molar-refractivity contribution in [3.63, 3.8) is 0 Å². The van der Waals surface area contributed by atoms with Crippen molar-refractivity contribution in [3.05, 3.63) is 94.0 Å². The van der Waals surface area contributed by atoms with Crippen LogP contribution in [0, 0.1) is 0 Å². The largest absolute Gasteiger partial charge is 0.271 e. The summed E-state index contributed by atoms with van der Waals surface area (Å²) in [7, 11) is -3.97. The second kappa shape index (κ2) is 10.6. The van der Waals surface area contributed by atoms with E-state index in [9.17, 15) is 13.2 Å². The van der Waals surface area contributed by atoms with Crippen LogP contribution < -0.4 is 9.73 Å². The van der Waals surface area contributed by atoms with Crippen LogP contribution >= 0.6 is 23.2 Å².